The van der Waals surface area contributed by atoms with E-state index in [1.165, 1.54) is 5.01 Å². The topological polar surface area (TPSA) is 124 Å². The van der Waals surface area contributed by atoms with Crippen molar-refractivity contribution < 1.29 is 19.2 Å². The Balaban J connectivity index is 1.35. The largest absolute Gasteiger partial charge is 0.347 e. The predicted octanol–water partition coefficient (Wildman–Crippen LogP) is 3.62. The number of hydrazine groups is 1. The number of rotatable bonds is 9. The Bertz CT molecular complexity index is 1380. The van der Waals surface area contributed by atoms with Crippen LogP contribution in [0.5, 0.6) is 0 Å². The van der Waals surface area contributed by atoms with Crippen LogP contribution in [0, 0.1) is 11.3 Å². The quantitative estimate of drug-likeness (QED) is 0.360. The molecule has 0 radical (unpaired) electrons. The highest BCUT2D eigenvalue weighted by Crippen LogP contribution is 2.35. The Labute approximate surface area is 255 Å². The standard InChI is InChI=1S/C31H41BrN6O4/c1-7-31(6)14-16-37(30(31)42)26(18(2)3)28(40)34-20(5)29(41)38-15-8-9-24(36-38)27(39)33-19(4)23-13-11-21-10-12-22(32)17-25(21)35-23/h7,10-13,17-20,24,26,36H,1,8-9,14-16H2,2-6H3,(H,33,39)(H,34,40)/t19-,20+,24+,26+,31?/m1/s1. The van der Waals surface area contributed by atoms with Crippen LogP contribution in [-0.4, -0.2) is 69.7 Å². The van der Waals surface area contributed by atoms with Crippen LogP contribution in [-0.2, 0) is 19.2 Å². The summed E-state index contributed by atoms with van der Waals surface area (Å²) in [5, 5.41) is 8.25. The molecule has 42 heavy (non-hydrogen) atoms. The second-order valence-corrected chi connectivity index (χ2v) is 12.8. The molecule has 0 aliphatic carbocycles. The summed E-state index contributed by atoms with van der Waals surface area (Å²) in [5.74, 6) is -1.22. The van der Waals surface area contributed by atoms with Crippen LogP contribution in [0.25, 0.3) is 10.9 Å². The minimum absolute atomic E-state index is 0.127. The molecule has 10 nitrogen and oxygen atoms in total. The smallest absolute Gasteiger partial charge is 0.258 e. The fraction of sp³-hybridized carbons (Fsp3) is 0.516. The van der Waals surface area contributed by atoms with Gasteiger partial charge in [0, 0.05) is 22.9 Å². The van der Waals surface area contributed by atoms with Crippen LogP contribution in [0.4, 0.5) is 0 Å². The van der Waals surface area contributed by atoms with E-state index >= 15 is 0 Å². The molecule has 4 rings (SSSR count). The van der Waals surface area contributed by atoms with Crippen molar-refractivity contribution in [2.24, 2.45) is 11.3 Å². The molecule has 1 unspecified atom stereocenters. The Morgan fingerprint density at radius 2 is 1.86 bits per heavy atom. The summed E-state index contributed by atoms with van der Waals surface area (Å²) in [5.41, 5.74) is 3.92. The second-order valence-electron chi connectivity index (χ2n) is 11.9. The zero-order valence-corrected chi connectivity index (χ0v) is 26.5. The first kappa shape index (κ1) is 31.6. The van der Waals surface area contributed by atoms with Gasteiger partial charge in [0.15, 0.2) is 0 Å². The highest BCUT2D eigenvalue weighted by atomic mass is 79.9. The van der Waals surface area contributed by atoms with E-state index in [9.17, 15) is 19.2 Å². The molecule has 4 amide bonds. The molecule has 0 saturated carbocycles. The van der Waals surface area contributed by atoms with Crippen molar-refractivity contribution in [3.05, 3.63) is 53.2 Å². The first-order valence-electron chi connectivity index (χ1n) is 14.5. The van der Waals surface area contributed by atoms with Gasteiger partial charge in [-0.3, -0.25) is 29.2 Å². The highest BCUT2D eigenvalue weighted by Gasteiger charge is 2.46. The second kappa shape index (κ2) is 12.9. The molecule has 1 aromatic carbocycles. The number of carbonyl (C=O) groups is 4. The summed E-state index contributed by atoms with van der Waals surface area (Å²) >= 11 is 3.47. The third-order valence-electron chi connectivity index (χ3n) is 8.28. The van der Waals surface area contributed by atoms with Gasteiger partial charge in [-0.25, -0.2) is 5.43 Å². The molecule has 2 aliphatic rings. The number of nitrogens with one attached hydrogen (secondary N) is 3. The van der Waals surface area contributed by atoms with Gasteiger partial charge in [-0.1, -0.05) is 48.0 Å². The van der Waals surface area contributed by atoms with Crippen molar-refractivity contribution >= 4 is 50.5 Å². The van der Waals surface area contributed by atoms with Gasteiger partial charge in [0.2, 0.25) is 17.7 Å². The average molecular weight is 642 g/mol. The van der Waals surface area contributed by atoms with Crippen LogP contribution in [0.3, 0.4) is 0 Å². The van der Waals surface area contributed by atoms with Gasteiger partial charge < -0.3 is 15.5 Å². The number of halogens is 1. The molecule has 2 aliphatic heterocycles. The van der Waals surface area contributed by atoms with Gasteiger partial charge in [0.25, 0.3) is 5.91 Å². The molecule has 2 fully saturated rings. The molecule has 0 spiro atoms. The van der Waals surface area contributed by atoms with Gasteiger partial charge >= 0.3 is 0 Å². The lowest BCUT2D eigenvalue weighted by Gasteiger charge is -2.36. The van der Waals surface area contributed by atoms with E-state index in [4.69, 9.17) is 4.98 Å². The van der Waals surface area contributed by atoms with Crippen molar-refractivity contribution in [2.45, 2.75) is 78.0 Å². The van der Waals surface area contributed by atoms with E-state index in [1.54, 1.807) is 17.9 Å². The van der Waals surface area contributed by atoms with E-state index in [0.717, 1.165) is 21.1 Å². The monoisotopic (exact) mass is 640 g/mol. The van der Waals surface area contributed by atoms with E-state index in [0.29, 0.717) is 32.4 Å². The molecule has 3 heterocycles. The maximum absolute atomic E-state index is 13.3. The fourth-order valence-electron chi connectivity index (χ4n) is 5.61. The molecule has 0 bridgehead atoms. The lowest BCUT2D eigenvalue weighted by atomic mass is 9.89. The summed E-state index contributed by atoms with van der Waals surface area (Å²) in [6, 6.07) is 7.25. The third kappa shape index (κ3) is 6.67. The van der Waals surface area contributed by atoms with Crippen LogP contribution < -0.4 is 16.1 Å². The van der Waals surface area contributed by atoms with Gasteiger partial charge in [-0.15, -0.1) is 6.58 Å². The number of amides is 4. The highest BCUT2D eigenvalue weighted by molar-refractivity contribution is 9.10. The van der Waals surface area contributed by atoms with E-state index in [2.05, 4.69) is 38.6 Å². The third-order valence-corrected chi connectivity index (χ3v) is 8.78. The van der Waals surface area contributed by atoms with Gasteiger partial charge in [0.1, 0.15) is 18.1 Å². The van der Waals surface area contributed by atoms with Gasteiger partial charge in [-0.2, -0.15) is 0 Å². The Morgan fingerprint density at radius 3 is 2.52 bits per heavy atom. The lowest BCUT2D eigenvalue weighted by molar-refractivity contribution is -0.146. The van der Waals surface area contributed by atoms with E-state index in [1.807, 2.05) is 58.0 Å². The van der Waals surface area contributed by atoms with Crippen LogP contribution in [0.1, 0.15) is 65.6 Å². The number of likely N-dealkylation sites (tertiary alicyclic amines) is 1. The SMILES string of the molecule is C=CC1(C)CCN([C@H](C(=O)N[C@@H](C)C(=O)N2CCC[C@@H](C(=O)N[C@H](C)c3ccc4ccc(Br)cc4n3)N2)C(C)C)C1=O. The minimum Gasteiger partial charge on any atom is -0.347 e. The lowest BCUT2D eigenvalue weighted by Crippen LogP contribution is -2.62. The zero-order chi connectivity index (χ0) is 30.8. The summed E-state index contributed by atoms with van der Waals surface area (Å²) in [6.07, 6.45) is 3.43. The van der Waals surface area contributed by atoms with Crippen molar-refractivity contribution in [3.63, 3.8) is 0 Å². The molecule has 2 aromatic rings. The maximum atomic E-state index is 13.3. The summed E-state index contributed by atoms with van der Waals surface area (Å²) in [4.78, 5) is 59.2. The number of pyridine rings is 1. The number of hydrogen-bond donors (Lipinski definition) is 3. The number of fused-ring (bicyclic) bond motifs is 1. The fourth-order valence-corrected chi connectivity index (χ4v) is 5.96. The first-order valence-corrected chi connectivity index (χ1v) is 15.3. The van der Waals surface area contributed by atoms with Crippen molar-refractivity contribution in [1.29, 1.82) is 0 Å². The molecule has 226 valence electrons. The molecule has 3 N–H and O–H groups in total. The number of hydrogen-bond acceptors (Lipinski definition) is 6. The summed E-state index contributed by atoms with van der Waals surface area (Å²) < 4.78 is 0.929. The molecular weight excluding hydrogens is 600 g/mol. The molecule has 5 atom stereocenters. The minimum atomic E-state index is -0.850. The number of nitrogens with zero attached hydrogens (tertiary/aromatic N) is 3. The van der Waals surface area contributed by atoms with Gasteiger partial charge in [0.05, 0.1) is 22.7 Å². The summed E-state index contributed by atoms with van der Waals surface area (Å²) in [7, 11) is 0. The van der Waals surface area contributed by atoms with E-state index in [-0.39, 0.29) is 35.6 Å². The van der Waals surface area contributed by atoms with Crippen LogP contribution >= 0.6 is 15.9 Å². The van der Waals surface area contributed by atoms with Gasteiger partial charge in [-0.05, 0) is 64.2 Å². The Hall–Kier alpha value is -3.31. The number of benzene rings is 1. The first-order chi connectivity index (χ1) is 19.8. The summed E-state index contributed by atoms with van der Waals surface area (Å²) in [6.45, 7) is 13.8. The molecular formula is C31H41BrN6O4. The van der Waals surface area contributed by atoms with Crippen LogP contribution in [0.2, 0.25) is 0 Å². The molecule has 1 aromatic heterocycles. The Kier molecular flexibility index (Phi) is 9.72. The predicted molar refractivity (Wildman–Crippen MR) is 165 cm³/mol. The van der Waals surface area contributed by atoms with Crippen LogP contribution in [0.15, 0.2) is 47.5 Å². The zero-order valence-electron chi connectivity index (χ0n) is 24.9. The van der Waals surface area contributed by atoms with Crippen molar-refractivity contribution in [2.75, 3.05) is 13.1 Å². The molecule has 2 saturated heterocycles. The number of carbonyl (C=O) groups excluding carboxylic acids is 4. The average Bonchev–Trinajstić information content (AvgIpc) is 3.25. The van der Waals surface area contributed by atoms with Crippen molar-refractivity contribution in [1.82, 2.24) is 31.0 Å². The van der Waals surface area contributed by atoms with Crippen molar-refractivity contribution in [3.8, 4) is 0 Å². The van der Waals surface area contributed by atoms with E-state index < -0.39 is 23.5 Å². The normalized spacial score (nSPS) is 23.0. The number of aromatic nitrogens is 1. The Morgan fingerprint density at radius 1 is 1.14 bits per heavy atom. The maximum Gasteiger partial charge on any atom is 0.258 e. The molecule has 11 heteroatoms.